The molecule has 0 saturated carbocycles. The molecule has 1 aromatic rings. The number of thiazole rings is 1. The van der Waals surface area contributed by atoms with E-state index in [1.54, 1.807) is 11.3 Å². The molecule has 1 aromatic heterocycles. The molecule has 15 heavy (non-hydrogen) atoms. The topological polar surface area (TPSA) is 37.4 Å². The summed E-state index contributed by atoms with van der Waals surface area (Å²) in [5.74, 6) is 0. The van der Waals surface area contributed by atoms with Gasteiger partial charge in [-0.15, -0.1) is 11.3 Å². The van der Waals surface area contributed by atoms with Crippen LogP contribution in [0.5, 0.6) is 0 Å². The first kappa shape index (κ1) is 11.0. The number of ether oxygens (including phenoxy) is 1. The highest BCUT2D eigenvalue weighted by atomic mass is 32.1. The van der Waals surface area contributed by atoms with Gasteiger partial charge in [-0.1, -0.05) is 0 Å². The predicted octanol–water partition coefficient (Wildman–Crippen LogP) is 0.563. The van der Waals surface area contributed by atoms with Gasteiger partial charge in [0.15, 0.2) is 0 Å². The molecule has 1 N–H and O–H groups in total. The van der Waals surface area contributed by atoms with Crippen molar-refractivity contribution in [3.63, 3.8) is 0 Å². The monoisotopic (exact) mass is 227 g/mol. The lowest BCUT2D eigenvalue weighted by atomic mass is 10.3. The summed E-state index contributed by atoms with van der Waals surface area (Å²) < 4.78 is 5.65. The van der Waals surface area contributed by atoms with Gasteiger partial charge in [-0.3, -0.25) is 4.98 Å². The Morgan fingerprint density at radius 2 is 2.67 bits per heavy atom. The molecule has 1 atom stereocenters. The van der Waals surface area contributed by atoms with E-state index in [2.05, 4.69) is 22.2 Å². The second kappa shape index (κ2) is 5.55. The van der Waals surface area contributed by atoms with Crippen LogP contribution in [-0.2, 0) is 11.3 Å². The van der Waals surface area contributed by atoms with Crippen molar-refractivity contribution in [3.8, 4) is 0 Å². The summed E-state index contributed by atoms with van der Waals surface area (Å²) in [7, 11) is 2.14. The quantitative estimate of drug-likeness (QED) is 0.816. The van der Waals surface area contributed by atoms with Crippen LogP contribution in [0.4, 0.5) is 0 Å². The number of nitrogens with zero attached hydrogens (tertiary/aromatic N) is 2. The molecule has 0 radical (unpaired) electrons. The maximum Gasteiger partial charge on any atom is 0.0826 e. The Balaban J connectivity index is 1.65. The zero-order valence-corrected chi connectivity index (χ0v) is 9.80. The van der Waals surface area contributed by atoms with Crippen LogP contribution in [0.15, 0.2) is 11.7 Å². The van der Waals surface area contributed by atoms with Crippen molar-refractivity contribution < 1.29 is 4.74 Å². The van der Waals surface area contributed by atoms with Crippen LogP contribution in [0, 0.1) is 0 Å². The average molecular weight is 227 g/mol. The Morgan fingerprint density at radius 3 is 3.40 bits per heavy atom. The molecular weight excluding hydrogens is 210 g/mol. The van der Waals surface area contributed by atoms with E-state index < -0.39 is 0 Å². The van der Waals surface area contributed by atoms with E-state index in [4.69, 9.17) is 4.74 Å². The maximum atomic E-state index is 5.65. The Labute approximate surface area is 94.3 Å². The summed E-state index contributed by atoms with van der Waals surface area (Å²) in [5.41, 5.74) is 1.86. The molecule has 0 bridgehead atoms. The molecule has 1 aliphatic heterocycles. The zero-order valence-electron chi connectivity index (χ0n) is 8.98. The van der Waals surface area contributed by atoms with Gasteiger partial charge in [0.25, 0.3) is 0 Å². The third-order valence-corrected chi connectivity index (χ3v) is 3.28. The molecule has 2 rings (SSSR count). The first-order valence-electron chi connectivity index (χ1n) is 5.23. The number of nitrogens with one attached hydrogen (secondary N) is 1. The average Bonchev–Trinajstić information content (AvgIpc) is 2.71. The highest BCUT2D eigenvalue weighted by Crippen LogP contribution is 2.05. The number of rotatable bonds is 4. The van der Waals surface area contributed by atoms with Crippen molar-refractivity contribution in [1.82, 2.24) is 15.2 Å². The van der Waals surface area contributed by atoms with E-state index >= 15 is 0 Å². The summed E-state index contributed by atoms with van der Waals surface area (Å²) >= 11 is 1.69. The van der Waals surface area contributed by atoms with Gasteiger partial charge in [0.05, 0.1) is 18.2 Å². The Bertz CT molecular complexity index is 278. The van der Waals surface area contributed by atoms with Crippen molar-refractivity contribution in [2.75, 3.05) is 33.3 Å². The first-order chi connectivity index (χ1) is 7.34. The van der Waals surface area contributed by atoms with Gasteiger partial charge in [0.2, 0.25) is 0 Å². The van der Waals surface area contributed by atoms with Crippen LogP contribution < -0.4 is 5.32 Å². The van der Waals surface area contributed by atoms with Gasteiger partial charge < -0.3 is 15.0 Å². The minimum Gasteiger partial charge on any atom is -0.374 e. The minimum atomic E-state index is 0.330. The van der Waals surface area contributed by atoms with Crippen LogP contribution >= 0.6 is 11.3 Å². The highest BCUT2D eigenvalue weighted by Gasteiger charge is 2.16. The summed E-state index contributed by atoms with van der Waals surface area (Å²) in [6, 6.07) is 0. The SMILES string of the molecule is CN1CCO[C@@H](CNCc2cncs2)C1. The molecule has 5 heteroatoms. The lowest BCUT2D eigenvalue weighted by Crippen LogP contribution is -2.44. The van der Waals surface area contributed by atoms with E-state index in [0.717, 1.165) is 32.8 Å². The summed E-state index contributed by atoms with van der Waals surface area (Å²) in [5, 5.41) is 3.40. The van der Waals surface area contributed by atoms with Crippen LogP contribution in [0.3, 0.4) is 0 Å². The third kappa shape index (κ3) is 3.53. The molecule has 1 saturated heterocycles. The van der Waals surface area contributed by atoms with E-state index in [1.807, 2.05) is 11.7 Å². The highest BCUT2D eigenvalue weighted by molar-refractivity contribution is 7.09. The molecule has 4 nitrogen and oxygen atoms in total. The normalized spacial score (nSPS) is 23.1. The van der Waals surface area contributed by atoms with Gasteiger partial charge >= 0.3 is 0 Å². The number of likely N-dealkylation sites (N-methyl/N-ethyl adjacent to an activating group) is 1. The Kier molecular flexibility index (Phi) is 4.08. The number of morpholine rings is 1. The van der Waals surface area contributed by atoms with Crippen molar-refractivity contribution in [1.29, 1.82) is 0 Å². The lowest BCUT2D eigenvalue weighted by molar-refractivity contribution is -0.0181. The molecular formula is C10H17N3OS. The largest absolute Gasteiger partial charge is 0.374 e. The molecule has 0 aromatic carbocycles. The molecule has 2 heterocycles. The molecule has 0 amide bonds. The third-order valence-electron chi connectivity index (χ3n) is 2.50. The standard InChI is InChI=1S/C10H17N3OS/c1-13-2-3-14-9(7-13)4-11-5-10-6-12-8-15-10/h6,8-9,11H,2-5,7H2,1H3/t9-/m0/s1. The second-order valence-corrected chi connectivity index (χ2v) is 4.82. The van der Waals surface area contributed by atoms with E-state index in [0.29, 0.717) is 6.10 Å². The smallest absolute Gasteiger partial charge is 0.0826 e. The summed E-state index contributed by atoms with van der Waals surface area (Å²) in [4.78, 5) is 7.62. The fourth-order valence-corrected chi connectivity index (χ4v) is 2.24. The van der Waals surface area contributed by atoms with Gasteiger partial charge in [0, 0.05) is 37.3 Å². The van der Waals surface area contributed by atoms with Crippen molar-refractivity contribution >= 4 is 11.3 Å². The van der Waals surface area contributed by atoms with Gasteiger partial charge in [-0.2, -0.15) is 0 Å². The van der Waals surface area contributed by atoms with Crippen LogP contribution in [-0.4, -0.2) is 49.3 Å². The molecule has 0 unspecified atom stereocenters. The second-order valence-electron chi connectivity index (χ2n) is 3.85. The number of hydrogen-bond acceptors (Lipinski definition) is 5. The van der Waals surface area contributed by atoms with Crippen molar-refractivity contribution in [2.24, 2.45) is 0 Å². The summed E-state index contributed by atoms with van der Waals surface area (Å²) in [6.07, 6.45) is 2.24. The number of hydrogen-bond donors (Lipinski definition) is 1. The molecule has 1 aliphatic rings. The molecule has 1 fully saturated rings. The number of aromatic nitrogens is 1. The van der Waals surface area contributed by atoms with Gasteiger partial charge in [-0.25, -0.2) is 0 Å². The van der Waals surface area contributed by atoms with Gasteiger partial charge in [0.1, 0.15) is 0 Å². The molecule has 84 valence electrons. The fourth-order valence-electron chi connectivity index (χ4n) is 1.68. The first-order valence-corrected chi connectivity index (χ1v) is 6.11. The molecule has 0 aliphatic carbocycles. The van der Waals surface area contributed by atoms with E-state index in [1.165, 1.54) is 4.88 Å². The van der Waals surface area contributed by atoms with Crippen LogP contribution in [0.2, 0.25) is 0 Å². The van der Waals surface area contributed by atoms with E-state index in [9.17, 15) is 0 Å². The summed E-state index contributed by atoms with van der Waals surface area (Å²) in [6.45, 7) is 4.74. The van der Waals surface area contributed by atoms with Gasteiger partial charge in [-0.05, 0) is 7.05 Å². The predicted molar refractivity (Wildman–Crippen MR) is 61.1 cm³/mol. The lowest BCUT2D eigenvalue weighted by Gasteiger charge is -2.30. The fraction of sp³-hybridized carbons (Fsp3) is 0.700. The Morgan fingerprint density at radius 1 is 1.73 bits per heavy atom. The van der Waals surface area contributed by atoms with Crippen LogP contribution in [0.1, 0.15) is 4.88 Å². The Hall–Kier alpha value is -0.490. The van der Waals surface area contributed by atoms with Crippen molar-refractivity contribution in [2.45, 2.75) is 12.6 Å². The van der Waals surface area contributed by atoms with Crippen molar-refractivity contribution in [3.05, 3.63) is 16.6 Å². The maximum absolute atomic E-state index is 5.65. The molecule has 0 spiro atoms. The minimum absolute atomic E-state index is 0.330. The van der Waals surface area contributed by atoms with E-state index in [-0.39, 0.29) is 0 Å². The van der Waals surface area contributed by atoms with Crippen LogP contribution in [0.25, 0.3) is 0 Å². The zero-order chi connectivity index (χ0) is 10.5.